The molecule has 0 saturated carbocycles. The molecule has 0 radical (unpaired) electrons. The van der Waals surface area contributed by atoms with E-state index >= 15 is 0 Å². The first-order valence-electron chi connectivity index (χ1n) is 13.3. The number of aromatic nitrogens is 2. The Morgan fingerprint density at radius 1 is 0.742 bits per heavy atom. The number of rotatable bonds is 16. The molecule has 2 rings (SSSR count). The first-order chi connectivity index (χ1) is 15.1. The second-order valence-electron chi connectivity index (χ2n) is 9.62. The third kappa shape index (κ3) is 7.65. The van der Waals surface area contributed by atoms with Crippen LogP contribution in [0.4, 0.5) is 0 Å². The van der Waals surface area contributed by atoms with Crippen LogP contribution in [0.25, 0.3) is 11.3 Å². The molecule has 2 nitrogen and oxygen atoms in total. The van der Waals surface area contributed by atoms with Gasteiger partial charge in [0.25, 0.3) is 0 Å². The van der Waals surface area contributed by atoms with Gasteiger partial charge >= 0.3 is 198 Å². The predicted molar refractivity (Wildman–Crippen MR) is 141 cm³/mol. The number of H-pyrrole nitrogens is 1. The molecule has 1 heterocycles. The number of imidazole rings is 1. The molecule has 0 aliphatic rings. The van der Waals surface area contributed by atoms with Crippen LogP contribution < -0.4 is 3.58 Å². The molecule has 0 atom stereocenters. The Morgan fingerprint density at radius 2 is 1.26 bits per heavy atom. The SMILES string of the molecule is CCC[CH2][Sn]([CH2]CCC)([CH2]CCC)[c]1ccc(-c2cnc(C(CCC)CCC)[nH]2)cc1. The molecule has 0 aliphatic carbocycles. The number of nitrogens with one attached hydrogen (secondary N) is 1. The summed E-state index contributed by atoms with van der Waals surface area (Å²) in [6, 6.07) is 9.80. The van der Waals surface area contributed by atoms with Crippen molar-refractivity contribution in [3.8, 4) is 11.3 Å². The number of hydrogen-bond acceptors (Lipinski definition) is 1. The van der Waals surface area contributed by atoms with Crippen LogP contribution in [0.3, 0.4) is 0 Å². The number of benzene rings is 1. The minimum atomic E-state index is -2.33. The summed E-state index contributed by atoms with van der Waals surface area (Å²) in [7, 11) is 0. The topological polar surface area (TPSA) is 28.7 Å². The fourth-order valence-electron chi connectivity index (χ4n) is 5.16. The van der Waals surface area contributed by atoms with Crippen molar-refractivity contribution in [3.05, 3.63) is 36.3 Å². The molecule has 1 aromatic carbocycles. The Hall–Kier alpha value is -0.771. The summed E-state index contributed by atoms with van der Waals surface area (Å²) in [6.07, 6.45) is 15.2. The van der Waals surface area contributed by atoms with Crippen LogP contribution in [0, 0.1) is 0 Å². The molecule has 0 aliphatic heterocycles. The first-order valence-corrected chi connectivity index (χ1v) is 20.8. The molecule has 0 bridgehead atoms. The van der Waals surface area contributed by atoms with Crippen molar-refractivity contribution in [1.82, 2.24) is 9.97 Å². The van der Waals surface area contributed by atoms with Crippen LogP contribution in [0.1, 0.15) is 111 Å². The second-order valence-corrected chi connectivity index (χ2v) is 22.9. The minimum absolute atomic E-state index is 0.573. The monoisotopic (exact) mass is 532 g/mol. The summed E-state index contributed by atoms with van der Waals surface area (Å²) in [5.41, 5.74) is 2.49. The van der Waals surface area contributed by atoms with E-state index in [2.05, 4.69) is 70.1 Å². The van der Waals surface area contributed by atoms with Gasteiger partial charge in [0.1, 0.15) is 0 Å². The molecule has 1 N–H and O–H groups in total. The molecule has 174 valence electrons. The summed E-state index contributed by atoms with van der Waals surface area (Å²) in [4.78, 5) is 8.45. The van der Waals surface area contributed by atoms with Crippen molar-refractivity contribution in [2.24, 2.45) is 0 Å². The van der Waals surface area contributed by atoms with Crippen molar-refractivity contribution in [2.45, 2.75) is 118 Å². The van der Waals surface area contributed by atoms with E-state index in [1.165, 1.54) is 94.6 Å². The average Bonchev–Trinajstić information content (AvgIpc) is 3.29. The zero-order chi connectivity index (χ0) is 22.5. The molecule has 3 heteroatoms. The van der Waals surface area contributed by atoms with Crippen LogP contribution >= 0.6 is 0 Å². The van der Waals surface area contributed by atoms with E-state index in [0.29, 0.717) is 5.92 Å². The summed E-state index contributed by atoms with van der Waals surface area (Å²) >= 11 is -2.33. The van der Waals surface area contributed by atoms with Crippen LogP contribution in [0.2, 0.25) is 13.3 Å². The van der Waals surface area contributed by atoms with Crippen LogP contribution in [-0.4, -0.2) is 28.3 Å². The summed E-state index contributed by atoms with van der Waals surface area (Å²) in [6.45, 7) is 11.6. The maximum absolute atomic E-state index is 4.78. The quantitative estimate of drug-likeness (QED) is 0.216. The molecular formula is C28H48N2Sn. The molecule has 2 aromatic rings. The normalized spacial score (nSPS) is 12.1. The van der Waals surface area contributed by atoms with Gasteiger partial charge in [-0.2, -0.15) is 0 Å². The number of nitrogens with zero attached hydrogens (tertiary/aromatic N) is 1. The summed E-state index contributed by atoms with van der Waals surface area (Å²) in [5, 5.41) is 0. The molecule has 1 aromatic heterocycles. The number of unbranched alkanes of at least 4 members (excludes halogenated alkanes) is 3. The third-order valence-corrected chi connectivity index (χ3v) is 22.8. The summed E-state index contributed by atoms with van der Waals surface area (Å²) < 4.78 is 6.38. The van der Waals surface area contributed by atoms with Gasteiger partial charge in [0.05, 0.1) is 0 Å². The predicted octanol–water partition coefficient (Wildman–Crippen LogP) is 8.82. The number of hydrogen-bond donors (Lipinski definition) is 1. The van der Waals surface area contributed by atoms with Gasteiger partial charge in [-0.1, -0.05) is 0 Å². The maximum atomic E-state index is 4.78. The Morgan fingerprint density at radius 3 is 1.71 bits per heavy atom. The Bertz CT molecular complexity index is 691. The standard InChI is InChI=1S/C16H21N2.3C4H9.Sn/c1-3-8-14(9-4-2)16-17-12-15(18-16)13-10-6-5-7-11-13;3*1-3-4-2;/h6-7,10-12,14H,3-4,8-9H2,1-2H3,(H,17,18);3*1,3-4H2,2H3;. The zero-order valence-corrected chi connectivity index (χ0v) is 24.0. The van der Waals surface area contributed by atoms with Crippen molar-refractivity contribution in [2.75, 3.05) is 0 Å². The molecule has 31 heavy (non-hydrogen) atoms. The average molecular weight is 531 g/mol. The van der Waals surface area contributed by atoms with E-state index in [1.807, 2.05) is 0 Å². The van der Waals surface area contributed by atoms with Crippen LogP contribution in [0.5, 0.6) is 0 Å². The van der Waals surface area contributed by atoms with Gasteiger partial charge in [0.15, 0.2) is 0 Å². The third-order valence-electron chi connectivity index (χ3n) is 7.09. The van der Waals surface area contributed by atoms with Crippen molar-refractivity contribution in [1.29, 1.82) is 0 Å². The van der Waals surface area contributed by atoms with Gasteiger partial charge in [-0.3, -0.25) is 0 Å². The van der Waals surface area contributed by atoms with Gasteiger partial charge in [0.2, 0.25) is 0 Å². The molecular weight excluding hydrogens is 483 g/mol. The van der Waals surface area contributed by atoms with E-state index in [4.69, 9.17) is 4.98 Å². The van der Waals surface area contributed by atoms with Crippen molar-refractivity contribution in [3.63, 3.8) is 0 Å². The van der Waals surface area contributed by atoms with Gasteiger partial charge in [-0.15, -0.1) is 0 Å². The van der Waals surface area contributed by atoms with Crippen LogP contribution in [0.15, 0.2) is 30.5 Å². The van der Waals surface area contributed by atoms with E-state index < -0.39 is 18.4 Å². The molecule has 0 spiro atoms. The van der Waals surface area contributed by atoms with Gasteiger partial charge < -0.3 is 0 Å². The fourth-order valence-corrected chi connectivity index (χ4v) is 21.1. The van der Waals surface area contributed by atoms with Crippen molar-refractivity contribution < 1.29 is 0 Å². The van der Waals surface area contributed by atoms with Crippen molar-refractivity contribution >= 4 is 22.0 Å². The molecule has 0 unspecified atom stereocenters. The Kier molecular flexibility index (Phi) is 12.3. The molecule has 0 saturated heterocycles. The molecule has 0 fully saturated rings. The zero-order valence-electron chi connectivity index (χ0n) is 21.1. The molecule has 0 amide bonds. The van der Waals surface area contributed by atoms with Gasteiger partial charge in [-0.05, 0) is 0 Å². The fraction of sp³-hybridized carbons (Fsp3) is 0.679. The van der Waals surface area contributed by atoms with Gasteiger partial charge in [-0.25, -0.2) is 0 Å². The van der Waals surface area contributed by atoms with E-state index in [1.54, 1.807) is 3.58 Å². The number of aromatic amines is 1. The first kappa shape index (κ1) is 26.5. The second kappa shape index (κ2) is 14.4. The van der Waals surface area contributed by atoms with Crippen LogP contribution in [-0.2, 0) is 0 Å². The van der Waals surface area contributed by atoms with E-state index in [9.17, 15) is 0 Å². The van der Waals surface area contributed by atoms with Gasteiger partial charge in [0, 0.05) is 0 Å². The Labute approximate surface area is 196 Å². The van der Waals surface area contributed by atoms with E-state index in [-0.39, 0.29) is 0 Å². The Balaban J connectivity index is 2.27. The summed E-state index contributed by atoms with van der Waals surface area (Å²) in [5.74, 6) is 1.76. The van der Waals surface area contributed by atoms with E-state index in [0.717, 1.165) is 0 Å².